The number of aliphatic hydroxyl groups is 6. The molecule has 2 heterocycles. The van der Waals surface area contributed by atoms with E-state index in [-0.39, 0.29) is 0 Å². The summed E-state index contributed by atoms with van der Waals surface area (Å²) in [4.78, 5) is 0. The standard InChI is InChI=1S/C13H24O10/c1-4(15)10-7(17)8(18)13(22-10)23-11-6(16)5(3-14)21-12(20-2)9(11)19/h4-19H,3H2,1-2H3/t4?,5-,6+,7+,8+,9-,10-,11+,12-,13-/m1/s1. The molecule has 0 aromatic rings. The van der Waals surface area contributed by atoms with E-state index in [0.717, 1.165) is 0 Å². The van der Waals surface area contributed by atoms with Crippen molar-refractivity contribution in [1.82, 2.24) is 0 Å². The topological polar surface area (TPSA) is 158 Å². The molecule has 23 heavy (non-hydrogen) atoms. The average Bonchev–Trinajstić information content (AvgIpc) is 2.80. The summed E-state index contributed by atoms with van der Waals surface area (Å²) < 4.78 is 20.7. The van der Waals surface area contributed by atoms with Crippen molar-refractivity contribution >= 4 is 0 Å². The van der Waals surface area contributed by atoms with Gasteiger partial charge >= 0.3 is 0 Å². The lowest BCUT2D eigenvalue weighted by Gasteiger charge is -2.42. The molecule has 2 aliphatic heterocycles. The molecule has 10 atom stereocenters. The van der Waals surface area contributed by atoms with E-state index in [9.17, 15) is 30.6 Å². The molecule has 2 rings (SSSR count). The third-order valence-corrected chi connectivity index (χ3v) is 4.08. The minimum Gasteiger partial charge on any atom is -0.394 e. The molecule has 10 nitrogen and oxygen atoms in total. The van der Waals surface area contributed by atoms with Gasteiger partial charge in [-0.05, 0) is 6.92 Å². The fourth-order valence-electron chi connectivity index (χ4n) is 2.75. The fraction of sp³-hybridized carbons (Fsp3) is 1.00. The van der Waals surface area contributed by atoms with Crippen LogP contribution in [-0.2, 0) is 18.9 Å². The van der Waals surface area contributed by atoms with Crippen molar-refractivity contribution in [3.05, 3.63) is 0 Å². The van der Waals surface area contributed by atoms with Gasteiger partial charge in [0.25, 0.3) is 0 Å². The number of ether oxygens (including phenoxy) is 4. The molecule has 0 aromatic carbocycles. The Bertz CT molecular complexity index is 364. The Morgan fingerprint density at radius 3 is 2.09 bits per heavy atom. The van der Waals surface area contributed by atoms with E-state index in [1.54, 1.807) is 0 Å². The van der Waals surface area contributed by atoms with Crippen molar-refractivity contribution in [2.75, 3.05) is 13.7 Å². The minimum atomic E-state index is -1.48. The number of hydrogen-bond acceptors (Lipinski definition) is 10. The highest BCUT2D eigenvalue weighted by molar-refractivity contribution is 4.94. The number of aliphatic hydroxyl groups excluding tert-OH is 6. The highest BCUT2D eigenvalue weighted by Crippen LogP contribution is 2.30. The van der Waals surface area contributed by atoms with Crippen LogP contribution in [0.4, 0.5) is 0 Å². The first kappa shape index (κ1) is 18.9. The number of hydrogen-bond donors (Lipinski definition) is 6. The maximum atomic E-state index is 10.1. The van der Waals surface area contributed by atoms with Gasteiger partial charge in [0.15, 0.2) is 12.6 Å². The summed E-state index contributed by atoms with van der Waals surface area (Å²) in [5.74, 6) is 0. The lowest BCUT2D eigenvalue weighted by Crippen LogP contribution is -2.61. The molecule has 0 spiro atoms. The first-order valence-electron chi connectivity index (χ1n) is 7.32. The average molecular weight is 340 g/mol. The van der Waals surface area contributed by atoms with Crippen molar-refractivity contribution in [1.29, 1.82) is 0 Å². The summed E-state index contributed by atoms with van der Waals surface area (Å²) in [7, 11) is 1.27. The molecule has 1 unspecified atom stereocenters. The molecule has 136 valence electrons. The molecule has 0 aromatic heterocycles. The van der Waals surface area contributed by atoms with Gasteiger partial charge in [-0.3, -0.25) is 0 Å². The zero-order valence-electron chi connectivity index (χ0n) is 12.8. The van der Waals surface area contributed by atoms with Gasteiger partial charge in [-0.15, -0.1) is 0 Å². The van der Waals surface area contributed by atoms with Crippen LogP contribution in [0.5, 0.6) is 0 Å². The molecule has 2 fully saturated rings. The third-order valence-electron chi connectivity index (χ3n) is 4.08. The van der Waals surface area contributed by atoms with Crippen LogP contribution in [0.15, 0.2) is 0 Å². The molecule has 0 radical (unpaired) electrons. The first-order valence-corrected chi connectivity index (χ1v) is 7.32. The van der Waals surface area contributed by atoms with Gasteiger partial charge in [-0.2, -0.15) is 0 Å². The highest BCUT2D eigenvalue weighted by atomic mass is 16.7. The first-order chi connectivity index (χ1) is 10.8. The second kappa shape index (κ2) is 7.66. The van der Waals surface area contributed by atoms with Gasteiger partial charge < -0.3 is 49.6 Å². The molecule has 0 amide bonds. The highest BCUT2D eigenvalue weighted by Gasteiger charge is 2.51. The maximum absolute atomic E-state index is 10.1. The van der Waals surface area contributed by atoms with Gasteiger partial charge in [-0.25, -0.2) is 0 Å². The number of methoxy groups -OCH3 is 1. The molecule has 0 saturated carbocycles. The Morgan fingerprint density at radius 1 is 0.957 bits per heavy atom. The molecule has 2 saturated heterocycles. The van der Waals surface area contributed by atoms with E-state index in [0.29, 0.717) is 0 Å². The van der Waals surface area contributed by atoms with Crippen LogP contribution in [0, 0.1) is 0 Å². The Balaban J connectivity index is 2.10. The SMILES string of the molecule is CO[C@@H]1O[C@H](CO)[C@H](O)[C@H](O[C@H]2O[C@H](C(C)O)[C@@H](O)[C@@H]2O)[C@H]1O. The van der Waals surface area contributed by atoms with Crippen molar-refractivity contribution in [3.8, 4) is 0 Å². The second-order valence-electron chi connectivity index (χ2n) is 5.73. The Labute approximate surface area is 132 Å². The summed E-state index contributed by atoms with van der Waals surface area (Å²) in [6.07, 6.45) is -12.7. The van der Waals surface area contributed by atoms with Crippen molar-refractivity contribution in [2.24, 2.45) is 0 Å². The van der Waals surface area contributed by atoms with Gasteiger partial charge in [0.2, 0.25) is 0 Å². The van der Waals surface area contributed by atoms with Gasteiger partial charge in [-0.1, -0.05) is 0 Å². The van der Waals surface area contributed by atoms with Crippen LogP contribution < -0.4 is 0 Å². The van der Waals surface area contributed by atoms with E-state index in [1.807, 2.05) is 0 Å². The van der Waals surface area contributed by atoms with Crippen LogP contribution in [0.3, 0.4) is 0 Å². The van der Waals surface area contributed by atoms with Gasteiger partial charge in [0.05, 0.1) is 12.7 Å². The Hall–Kier alpha value is -0.400. The number of rotatable bonds is 5. The monoisotopic (exact) mass is 340 g/mol. The summed E-state index contributed by atoms with van der Waals surface area (Å²) in [6, 6.07) is 0. The normalized spacial score (nSPS) is 49.3. The molecule has 2 aliphatic rings. The van der Waals surface area contributed by atoms with Crippen molar-refractivity contribution < 1.29 is 49.6 Å². The summed E-state index contributed by atoms with van der Waals surface area (Å²) in [5.41, 5.74) is 0. The second-order valence-corrected chi connectivity index (χ2v) is 5.73. The minimum absolute atomic E-state index is 0.541. The van der Waals surface area contributed by atoms with E-state index in [4.69, 9.17) is 18.9 Å². The summed E-state index contributed by atoms with van der Waals surface area (Å²) >= 11 is 0. The molecule has 0 bridgehead atoms. The molecular weight excluding hydrogens is 316 g/mol. The van der Waals surface area contributed by atoms with E-state index in [1.165, 1.54) is 14.0 Å². The molecule has 6 N–H and O–H groups in total. The zero-order chi connectivity index (χ0) is 17.3. The summed E-state index contributed by atoms with van der Waals surface area (Å²) in [6.45, 7) is 0.838. The van der Waals surface area contributed by atoms with Crippen LogP contribution in [0.25, 0.3) is 0 Å². The molecular formula is C13H24O10. The predicted octanol–water partition coefficient (Wildman–Crippen LogP) is -3.72. The smallest absolute Gasteiger partial charge is 0.187 e. The lowest BCUT2D eigenvalue weighted by atomic mass is 9.99. The van der Waals surface area contributed by atoms with Gasteiger partial charge in [0, 0.05) is 7.11 Å². The van der Waals surface area contributed by atoms with Crippen LogP contribution in [-0.4, -0.2) is 106 Å². The van der Waals surface area contributed by atoms with Crippen LogP contribution in [0.2, 0.25) is 0 Å². The zero-order valence-corrected chi connectivity index (χ0v) is 12.8. The lowest BCUT2D eigenvalue weighted by molar-refractivity contribution is -0.326. The third kappa shape index (κ3) is 3.66. The Kier molecular flexibility index (Phi) is 6.30. The maximum Gasteiger partial charge on any atom is 0.187 e. The van der Waals surface area contributed by atoms with Crippen molar-refractivity contribution in [3.63, 3.8) is 0 Å². The summed E-state index contributed by atoms with van der Waals surface area (Å²) in [5, 5.41) is 58.7. The van der Waals surface area contributed by atoms with E-state index >= 15 is 0 Å². The fourth-order valence-corrected chi connectivity index (χ4v) is 2.75. The van der Waals surface area contributed by atoms with Crippen molar-refractivity contribution in [2.45, 2.75) is 68.3 Å². The predicted molar refractivity (Wildman–Crippen MR) is 72.0 cm³/mol. The van der Waals surface area contributed by atoms with E-state index in [2.05, 4.69) is 0 Å². The quantitative estimate of drug-likeness (QED) is 0.294. The van der Waals surface area contributed by atoms with Crippen LogP contribution >= 0.6 is 0 Å². The van der Waals surface area contributed by atoms with Crippen LogP contribution in [0.1, 0.15) is 6.92 Å². The molecule has 0 aliphatic carbocycles. The van der Waals surface area contributed by atoms with E-state index < -0.39 is 68.0 Å². The largest absolute Gasteiger partial charge is 0.394 e. The van der Waals surface area contributed by atoms with Gasteiger partial charge in [0.1, 0.15) is 42.7 Å². The Morgan fingerprint density at radius 2 is 1.61 bits per heavy atom. The molecule has 10 heteroatoms.